The number of rotatable bonds is 35. The van der Waals surface area contributed by atoms with Crippen LogP contribution in [0.3, 0.4) is 0 Å². The van der Waals surface area contributed by atoms with Crippen LogP contribution in [0.5, 0.6) is 0 Å². The van der Waals surface area contributed by atoms with Crippen molar-refractivity contribution in [1.29, 1.82) is 0 Å². The molecule has 0 aliphatic rings. The summed E-state index contributed by atoms with van der Waals surface area (Å²) in [6.07, 6.45) is 45.3. The van der Waals surface area contributed by atoms with Crippen molar-refractivity contribution >= 4 is 17.9 Å². The average molecular weight is 699 g/mol. The lowest BCUT2D eigenvalue weighted by Crippen LogP contribution is -2.30. The molecule has 0 aromatic heterocycles. The van der Waals surface area contributed by atoms with Crippen molar-refractivity contribution in [3.05, 3.63) is 60.8 Å². The van der Waals surface area contributed by atoms with Gasteiger partial charge in [-0.05, 0) is 77.0 Å². The number of hydrogen-bond donors (Lipinski definition) is 0. The molecule has 0 spiro atoms. The molecule has 1 unspecified atom stereocenters. The summed E-state index contributed by atoms with van der Waals surface area (Å²) in [5.41, 5.74) is 0. The Morgan fingerprint density at radius 2 is 0.880 bits per heavy atom. The van der Waals surface area contributed by atoms with Gasteiger partial charge in [0.25, 0.3) is 0 Å². The summed E-state index contributed by atoms with van der Waals surface area (Å²) in [4.78, 5) is 37.4. The minimum atomic E-state index is -0.816. The van der Waals surface area contributed by atoms with Gasteiger partial charge in [-0.25, -0.2) is 0 Å². The first-order valence-corrected chi connectivity index (χ1v) is 20.3. The molecule has 0 aliphatic heterocycles. The predicted molar refractivity (Wildman–Crippen MR) is 210 cm³/mol. The normalized spacial score (nSPS) is 12.6. The SMILES string of the molecule is CC/C=C\C/C=C\C/C=C\CC(=O)OCC(COC(=O)CCCCC/C=C\CCCCCCCC)OC(=O)CCCCCC/C=C\CCCC. The second-order valence-corrected chi connectivity index (χ2v) is 13.2. The molecule has 6 nitrogen and oxygen atoms in total. The van der Waals surface area contributed by atoms with Crippen LogP contribution >= 0.6 is 0 Å². The Hall–Kier alpha value is -2.89. The summed E-state index contributed by atoms with van der Waals surface area (Å²) >= 11 is 0. The number of carbonyl (C=O) groups is 3. The van der Waals surface area contributed by atoms with Gasteiger partial charge in [-0.1, -0.05) is 146 Å². The largest absolute Gasteiger partial charge is 0.462 e. The maximum absolute atomic E-state index is 12.6. The Kier molecular flexibility index (Phi) is 36.7. The minimum Gasteiger partial charge on any atom is -0.462 e. The van der Waals surface area contributed by atoms with Gasteiger partial charge in [-0.15, -0.1) is 0 Å². The summed E-state index contributed by atoms with van der Waals surface area (Å²) in [5, 5.41) is 0. The molecule has 0 fully saturated rings. The zero-order valence-electron chi connectivity index (χ0n) is 32.4. The summed E-state index contributed by atoms with van der Waals surface area (Å²) in [6.45, 7) is 6.31. The number of unbranched alkanes of at least 4 members (excludes halogenated alkanes) is 15. The zero-order valence-corrected chi connectivity index (χ0v) is 32.4. The van der Waals surface area contributed by atoms with Crippen LogP contribution in [-0.4, -0.2) is 37.2 Å². The average Bonchev–Trinajstić information content (AvgIpc) is 3.11. The Morgan fingerprint density at radius 1 is 0.440 bits per heavy atom. The molecule has 0 amide bonds. The number of allylic oxidation sites excluding steroid dienone is 9. The number of ether oxygens (including phenoxy) is 3. The van der Waals surface area contributed by atoms with Crippen molar-refractivity contribution in [2.75, 3.05) is 13.2 Å². The van der Waals surface area contributed by atoms with E-state index in [0.717, 1.165) is 89.9 Å². The summed E-state index contributed by atoms with van der Waals surface area (Å²) in [5.74, 6) is -1.08. The van der Waals surface area contributed by atoms with Gasteiger partial charge in [0.05, 0.1) is 6.42 Å². The lowest BCUT2D eigenvalue weighted by Gasteiger charge is -2.18. The molecule has 1 atom stereocenters. The van der Waals surface area contributed by atoms with Crippen LogP contribution in [-0.2, 0) is 28.6 Å². The third-order valence-electron chi connectivity index (χ3n) is 8.26. The highest BCUT2D eigenvalue weighted by atomic mass is 16.6. The first kappa shape index (κ1) is 47.1. The van der Waals surface area contributed by atoms with Gasteiger partial charge < -0.3 is 14.2 Å². The minimum absolute atomic E-state index is 0.115. The van der Waals surface area contributed by atoms with E-state index in [2.05, 4.69) is 69.4 Å². The van der Waals surface area contributed by atoms with E-state index in [4.69, 9.17) is 14.2 Å². The highest BCUT2D eigenvalue weighted by Crippen LogP contribution is 2.11. The summed E-state index contributed by atoms with van der Waals surface area (Å²) < 4.78 is 16.5. The molecule has 286 valence electrons. The Morgan fingerprint density at radius 3 is 1.46 bits per heavy atom. The third kappa shape index (κ3) is 36.4. The van der Waals surface area contributed by atoms with E-state index in [-0.39, 0.29) is 31.6 Å². The van der Waals surface area contributed by atoms with Crippen molar-refractivity contribution in [3.63, 3.8) is 0 Å². The van der Waals surface area contributed by atoms with Crippen molar-refractivity contribution in [2.45, 2.75) is 187 Å². The lowest BCUT2D eigenvalue weighted by molar-refractivity contribution is -0.166. The molecule has 50 heavy (non-hydrogen) atoms. The standard InChI is InChI=1S/C44H74O6/c1-4-7-10-13-16-19-21-22-23-26-28-31-34-37-43(46)49-40-41(39-48-42(45)36-33-30-27-24-18-15-12-9-6-3)50-44(47)38-35-32-29-25-20-17-14-11-8-5-2/h9,12,14,17-18,22-24,30,33,41H,4-8,10-11,13,15-16,19-21,25-29,31-32,34-40H2,1-3H3/b12-9-,17-14-,23-22-,24-18-,33-30-. The van der Waals surface area contributed by atoms with Gasteiger partial charge in [0.15, 0.2) is 6.10 Å². The fourth-order valence-electron chi connectivity index (χ4n) is 5.18. The van der Waals surface area contributed by atoms with Crippen molar-refractivity contribution in [2.24, 2.45) is 0 Å². The number of carbonyl (C=O) groups excluding carboxylic acids is 3. The first-order valence-electron chi connectivity index (χ1n) is 20.3. The van der Waals surface area contributed by atoms with Gasteiger partial charge in [0, 0.05) is 12.8 Å². The zero-order chi connectivity index (χ0) is 36.6. The Bertz CT molecular complexity index is 944. The van der Waals surface area contributed by atoms with Crippen LogP contribution in [0, 0.1) is 0 Å². The van der Waals surface area contributed by atoms with Crippen molar-refractivity contribution in [3.8, 4) is 0 Å². The van der Waals surface area contributed by atoms with Gasteiger partial charge in [0.2, 0.25) is 0 Å². The van der Waals surface area contributed by atoms with E-state index in [1.54, 1.807) is 6.08 Å². The highest BCUT2D eigenvalue weighted by molar-refractivity contribution is 5.72. The van der Waals surface area contributed by atoms with E-state index in [0.29, 0.717) is 12.8 Å². The first-order chi connectivity index (χ1) is 24.5. The molecule has 6 heteroatoms. The smallest absolute Gasteiger partial charge is 0.309 e. The van der Waals surface area contributed by atoms with Gasteiger partial charge in [-0.2, -0.15) is 0 Å². The van der Waals surface area contributed by atoms with Gasteiger partial charge in [0.1, 0.15) is 13.2 Å². The van der Waals surface area contributed by atoms with Crippen LogP contribution in [0.1, 0.15) is 181 Å². The van der Waals surface area contributed by atoms with E-state index in [9.17, 15) is 14.4 Å². The Balaban J connectivity index is 4.49. The molecular weight excluding hydrogens is 624 g/mol. The number of esters is 3. The molecule has 0 radical (unpaired) electrons. The fourth-order valence-corrected chi connectivity index (χ4v) is 5.18. The van der Waals surface area contributed by atoms with E-state index in [1.165, 1.54) is 51.4 Å². The molecule has 0 saturated carbocycles. The quantitative estimate of drug-likeness (QED) is 0.0284. The molecule has 0 saturated heterocycles. The van der Waals surface area contributed by atoms with Gasteiger partial charge in [-0.3, -0.25) is 14.4 Å². The van der Waals surface area contributed by atoms with Crippen LogP contribution in [0.4, 0.5) is 0 Å². The fraction of sp³-hybridized carbons (Fsp3) is 0.705. The van der Waals surface area contributed by atoms with Crippen LogP contribution in [0.15, 0.2) is 60.8 Å². The van der Waals surface area contributed by atoms with Crippen molar-refractivity contribution < 1.29 is 28.6 Å². The molecule has 0 N–H and O–H groups in total. The lowest BCUT2D eigenvalue weighted by atomic mass is 10.1. The van der Waals surface area contributed by atoms with E-state index < -0.39 is 12.1 Å². The molecular formula is C44H74O6. The molecule has 0 aromatic rings. The number of hydrogen-bond acceptors (Lipinski definition) is 6. The second kappa shape index (κ2) is 38.9. The third-order valence-corrected chi connectivity index (χ3v) is 8.26. The predicted octanol–water partition coefficient (Wildman–Crippen LogP) is 12.6. The molecule has 0 heterocycles. The molecule has 0 aromatic carbocycles. The Labute approximate surface area is 307 Å². The topological polar surface area (TPSA) is 78.9 Å². The van der Waals surface area contributed by atoms with Crippen LogP contribution in [0.2, 0.25) is 0 Å². The second-order valence-electron chi connectivity index (χ2n) is 13.2. The molecule has 0 rings (SSSR count). The maximum Gasteiger partial charge on any atom is 0.309 e. The van der Waals surface area contributed by atoms with E-state index in [1.807, 2.05) is 6.08 Å². The van der Waals surface area contributed by atoms with E-state index >= 15 is 0 Å². The summed E-state index contributed by atoms with van der Waals surface area (Å²) in [7, 11) is 0. The van der Waals surface area contributed by atoms with Gasteiger partial charge >= 0.3 is 17.9 Å². The molecule has 0 bridgehead atoms. The van der Waals surface area contributed by atoms with Crippen LogP contribution < -0.4 is 0 Å². The molecule has 0 aliphatic carbocycles. The summed E-state index contributed by atoms with van der Waals surface area (Å²) in [6, 6.07) is 0. The van der Waals surface area contributed by atoms with Crippen LogP contribution in [0.25, 0.3) is 0 Å². The maximum atomic E-state index is 12.6. The highest BCUT2D eigenvalue weighted by Gasteiger charge is 2.19. The monoisotopic (exact) mass is 699 g/mol. The van der Waals surface area contributed by atoms with Crippen molar-refractivity contribution in [1.82, 2.24) is 0 Å².